The van der Waals surface area contributed by atoms with E-state index in [2.05, 4.69) is 39.4 Å². The molecule has 0 aromatic heterocycles. The first-order chi connectivity index (χ1) is 12.2. The molecule has 7 heteroatoms. The van der Waals surface area contributed by atoms with E-state index >= 15 is 0 Å². The van der Waals surface area contributed by atoms with Gasteiger partial charge in [-0.25, -0.2) is 0 Å². The summed E-state index contributed by atoms with van der Waals surface area (Å²) < 4.78 is 11.1. The first-order valence-corrected chi connectivity index (χ1v) is 9.72. The Kier molecular flexibility index (Phi) is 9.54. The van der Waals surface area contributed by atoms with Crippen molar-refractivity contribution in [3.05, 3.63) is 0 Å². The zero-order valence-corrected chi connectivity index (χ0v) is 16.3. The van der Waals surface area contributed by atoms with Crippen LogP contribution in [-0.4, -0.2) is 102 Å². The minimum atomic E-state index is 0.299. The number of ether oxygens (including phenoxy) is 2. The molecule has 25 heavy (non-hydrogen) atoms. The van der Waals surface area contributed by atoms with E-state index in [0.717, 1.165) is 58.3 Å². The highest BCUT2D eigenvalue weighted by Crippen LogP contribution is 2.08. The Balaban J connectivity index is 1.50. The van der Waals surface area contributed by atoms with Gasteiger partial charge in [0.05, 0.1) is 12.7 Å². The fraction of sp³-hybridized carbons (Fsp3) is 0.944. The Morgan fingerprint density at radius 3 is 2.76 bits per heavy atom. The maximum absolute atomic E-state index is 5.77. The van der Waals surface area contributed by atoms with Gasteiger partial charge in [-0.2, -0.15) is 0 Å². The summed E-state index contributed by atoms with van der Waals surface area (Å²) in [6.45, 7) is 12.4. The van der Waals surface area contributed by atoms with Crippen LogP contribution in [0.1, 0.15) is 19.8 Å². The van der Waals surface area contributed by atoms with Crippen LogP contribution < -0.4 is 10.6 Å². The monoisotopic (exact) mass is 355 g/mol. The average molecular weight is 356 g/mol. The fourth-order valence-corrected chi connectivity index (χ4v) is 3.20. The second-order valence-electron chi connectivity index (χ2n) is 7.30. The topological polar surface area (TPSA) is 61.4 Å². The second-order valence-corrected chi connectivity index (χ2v) is 7.30. The third-order valence-corrected chi connectivity index (χ3v) is 4.86. The van der Waals surface area contributed by atoms with Crippen LogP contribution in [0.2, 0.25) is 0 Å². The molecule has 0 aromatic rings. The Morgan fingerprint density at radius 2 is 2.08 bits per heavy atom. The van der Waals surface area contributed by atoms with E-state index in [1.807, 2.05) is 7.05 Å². The van der Waals surface area contributed by atoms with Gasteiger partial charge in [-0.3, -0.25) is 4.99 Å². The number of nitrogens with zero attached hydrogens (tertiary/aromatic N) is 3. The van der Waals surface area contributed by atoms with E-state index in [0.29, 0.717) is 12.0 Å². The predicted molar refractivity (Wildman–Crippen MR) is 102 cm³/mol. The molecule has 2 heterocycles. The highest BCUT2D eigenvalue weighted by atomic mass is 16.5. The minimum Gasteiger partial charge on any atom is -0.379 e. The largest absolute Gasteiger partial charge is 0.379 e. The van der Waals surface area contributed by atoms with Gasteiger partial charge in [-0.05, 0) is 25.8 Å². The van der Waals surface area contributed by atoms with E-state index in [9.17, 15) is 0 Å². The molecule has 0 amide bonds. The number of hydrogen-bond acceptors (Lipinski definition) is 5. The lowest BCUT2D eigenvalue weighted by atomic mass is 10.1. The molecule has 0 aliphatic carbocycles. The summed E-state index contributed by atoms with van der Waals surface area (Å²) in [7, 11) is 4.03. The first-order valence-electron chi connectivity index (χ1n) is 9.72. The Hall–Kier alpha value is -0.890. The maximum atomic E-state index is 5.77. The molecule has 2 aliphatic rings. The molecule has 146 valence electrons. The Morgan fingerprint density at radius 1 is 1.28 bits per heavy atom. The molecule has 2 aliphatic heterocycles. The molecular weight excluding hydrogens is 318 g/mol. The van der Waals surface area contributed by atoms with Gasteiger partial charge in [0.25, 0.3) is 0 Å². The van der Waals surface area contributed by atoms with E-state index in [4.69, 9.17) is 9.47 Å². The number of guanidine groups is 1. The minimum absolute atomic E-state index is 0.299. The molecule has 2 unspecified atom stereocenters. The third kappa shape index (κ3) is 8.35. The van der Waals surface area contributed by atoms with Gasteiger partial charge >= 0.3 is 0 Å². The van der Waals surface area contributed by atoms with Crippen LogP contribution >= 0.6 is 0 Å². The Bertz CT molecular complexity index is 380. The third-order valence-electron chi connectivity index (χ3n) is 4.86. The number of piperazine rings is 1. The summed E-state index contributed by atoms with van der Waals surface area (Å²) in [5.41, 5.74) is 0. The second kappa shape index (κ2) is 11.7. The highest BCUT2D eigenvalue weighted by molar-refractivity contribution is 5.79. The predicted octanol–water partition coefficient (Wildman–Crippen LogP) is 0.231. The van der Waals surface area contributed by atoms with Gasteiger partial charge in [0, 0.05) is 66.1 Å². The lowest BCUT2D eigenvalue weighted by molar-refractivity contribution is 0.0420. The zero-order valence-electron chi connectivity index (χ0n) is 16.3. The standard InChI is InChI=1S/C18H37N5O2/c1-16(14-23-9-7-22(3)8-10-23)13-21-18(19-2)20-6-4-11-25-17-5-12-24-15-17/h16-17H,4-15H2,1-3H3,(H2,19,20,21). The van der Waals surface area contributed by atoms with Crippen molar-refractivity contribution in [1.29, 1.82) is 0 Å². The summed E-state index contributed by atoms with van der Waals surface area (Å²) in [6, 6.07) is 0. The van der Waals surface area contributed by atoms with Crippen molar-refractivity contribution in [3.63, 3.8) is 0 Å². The van der Waals surface area contributed by atoms with Crippen molar-refractivity contribution in [2.45, 2.75) is 25.9 Å². The molecule has 2 atom stereocenters. The van der Waals surface area contributed by atoms with Crippen LogP contribution in [0.25, 0.3) is 0 Å². The molecule has 0 radical (unpaired) electrons. The van der Waals surface area contributed by atoms with Crippen LogP contribution in [0, 0.1) is 5.92 Å². The smallest absolute Gasteiger partial charge is 0.190 e. The number of rotatable bonds is 9. The Labute approximate surface area is 153 Å². The van der Waals surface area contributed by atoms with Crippen LogP contribution in [0.15, 0.2) is 4.99 Å². The molecule has 2 fully saturated rings. The highest BCUT2D eigenvalue weighted by Gasteiger charge is 2.16. The quantitative estimate of drug-likeness (QED) is 0.351. The molecule has 2 rings (SSSR count). The molecule has 2 N–H and O–H groups in total. The van der Waals surface area contributed by atoms with Gasteiger partial charge in [-0.1, -0.05) is 6.92 Å². The average Bonchev–Trinajstić information content (AvgIpc) is 3.13. The van der Waals surface area contributed by atoms with Gasteiger partial charge in [0.15, 0.2) is 5.96 Å². The summed E-state index contributed by atoms with van der Waals surface area (Å²) in [4.78, 5) is 9.26. The van der Waals surface area contributed by atoms with Crippen molar-refractivity contribution in [2.75, 3.05) is 79.7 Å². The van der Waals surface area contributed by atoms with E-state index in [1.165, 1.54) is 26.2 Å². The van der Waals surface area contributed by atoms with Gasteiger partial charge < -0.3 is 29.9 Å². The molecular formula is C18H37N5O2. The van der Waals surface area contributed by atoms with E-state index < -0.39 is 0 Å². The molecule has 0 aromatic carbocycles. The van der Waals surface area contributed by atoms with Crippen molar-refractivity contribution in [2.24, 2.45) is 10.9 Å². The molecule has 0 saturated carbocycles. The number of nitrogens with one attached hydrogen (secondary N) is 2. The van der Waals surface area contributed by atoms with Gasteiger partial charge in [0.2, 0.25) is 0 Å². The summed E-state index contributed by atoms with van der Waals surface area (Å²) in [5.74, 6) is 1.49. The first kappa shape index (κ1) is 20.4. The lowest BCUT2D eigenvalue weighted by Gasteiger charge is -2.34. The number of likely N-dealkylation sites (N-methyl/N-ethyl adjacent to an activating group) is 1. The normalized spacial score (nSPS) is 24.4. The number of aliphatic imine (C=N–C) groups is 1. The van der Waals surface area contributed by atoms with Crippen LogP contribution in [-0.2, 0) is 9.47 Å². The lowest BCUT2D eigenvalue weighted by Crippen LogP contribution is -2.47. The zero-order chi connectivity index (χ0) is 17.9. The molecule has 0 bridgehead atoms. The van der Waals surface area contributed by atoms with Crippen molar-refractivity contribution >= 4 is 5.96 Å². The van der Waals surface area contributed by atoms with E-state index in [-0.39, 0.29) is 0 Å². The SMILES string of the molecule is CN=C(NCCCOC1CCOC1)NCC(C)CN1CCN(C)CC1. The van der Waals surface area contributed by atoms with Gasteiger partial charge in [-0.15, -0.1) is 0 Å². The summed E-state index contributed by atoms with van der Waals surface area (Å²) in [5, 5.41) is 6.81. The van der Waals surface area contributed by atoms with Gasteiger partial charge in [0.1, 0.15) is 0 Å². The fourth-order valence-electron chi connectivity index (χ4n) is 3.20. The van der Waals surface area contributed by atoms with E-state index in [1.54, 1.807) is 0 Å². The van der Waals surface area contributed by atoms with Crippen LogP contribution in [0.4, 0.5) is 0 Å². The van der Waals surface area contributed by atoms with Crippen molar-refractivity contribution in [3.8, 4) is 0 Å². The summed E-state index contributed by atoms with van der Waals surface area (Å²) >= 11 is 0. The van der Waals surface area contributed by atoms with Crippen LogP contribution in [0.5, 0.6) is 0 Å². The maximum Gasteiger partial charge on any atom is 0.190 e. The summed E-state index contributed by atoms with van der Waals surface area (Å²) in [6.07, 6.45) is 2.31. The molecule has 0 spiro atoms. The molecule has 7 nitrogen and oxygen atoms in total. The number of hydrogen-bond donors (Lipinski definition) is 2. The molecule has 2 saturated heterocycles. The van der Waals surface area contributed by atoms with Crippen molar-refractivity contribution in [1.82, 2.24) is 20.4 Å². The van der Waals surface area contributed by atoms with Crippen LogP contribution in [0.3, 0.4) is 0 Å². The van der Waals surface area contributed by atoms with Crippen molar-refractivity contribution < 1.29 is 9.47 Å².